The van der Waals surface area contributed by atoms with Crippen molar-refractivity contribution in [3.63, 3.8) is 0 Å². The van der Waals surface area contributed by atoms with Gasteiger partial charge in [-0.05, 0) is 54.8 Å². The number of hydrogen-bond acceptors (Lipinski definition) is 3. The number of likely N-dealkylation sites (tertiary alicyclic amines) is 1. The van der Waals surface area contributed by atoms with Gasteiger partial charge in [0.05, 0.1) is 5.75 Å². The third kappa shape index (κ3) is 6.23. The summed E-state index contributed by atoms with van der Waals surface area (Å²) in [5, 5.41) is 3.36. The van der Waals surface area contributed by atoms with Gasteiger partial charge in [0.2, 0.25) is 5.91 Å². The highest BCUT2D eigenvalue weighted by Crippen LogP contribution is 2.20. The van der Waals surface area contributed by atoms with E-state index in [0.29, 0.717) is 28.6 Å². The molecule has 0 aliphatic carbocycles. The molecule has 0 aromatic heterocycles. The van der Waals surface area contributed by atoms with Crippen molar-refractivity contribution in [3.8, 4) is 0 Å². The summed E-state index contributed by atoms with van der Waals surface area (Å²) in [7, 11) is 0. The monoisotopic (exact) mass is 406 g/mol. The molecule has 1 aliphatic rings. The van der Waals surface area contributed by atoms with Crippen molar-refractivity contribution in [2.45, 2.75) is 31.7 Å². The summed E-state index contributed by atoms with van der Waals surface area (Å²) in [6.07, 6.45) is 2.54. The minimum absolute atomic E-state index is 0.0367. The van der Waals surface area contributed by atoms with Crippen molar-refractivity contribution < 1.29 is 9.18 Å². The maximum atomic E-state index is 13.8. The van der Waals surface area contributed by atoms with Crippen molar-refractivity contribution in [3.05, 3.63) is 70.0 Å². The first-order valence-electron chi connectivity index (χ1n) is 9.19. The van der Waals surface area contributed by atoms with E-state index in [0.717, 1.165) is 25.2 Å². The van der Waals surface area contributed by atoms with Crippen LogP contribution in [0.2, 0.25) is 5.02 Å². The van der Waals surface area contributed by atoms with E-state index in [1.807, 2.05) is 12.1 Å². The minimum atomic E-state index is -0.328. The summed E-state index contributed by atoms with van der Waals surface area (Å²) in [5.41, 5.74) is 3.00. The van der Waals surface area contributed by atoms with Crippen LogP contribution in [-0.2, 0) is 23.6 Å². The summed E-state index contributed by atoms with van der Waals surface area (Å²) >= 11 is 7.15. The molecule has 1 heterocycles. The van der Waals surface area contributed by atoms with Crippen LogP contribution in [0, 0.1) is 5.82 Å². The van der Waals surface area contributed by atoms with Gasteiger partial charge in [0.1, 0.15) is 5.82 Å². The molecule has 2 aromatic rings. The van der Waals surface area contributed by atoms with Crippen LogP contribution in [-0.4, -0.2) is 29.6 Å². The third-order valence-electron chi connectivity index (χ3n) is 4.69. The van der Waals surface area contributed by atoms with Gasteiger partial charge in [-0.3, -0.25) is 9.69 Å². The number of carbonyl (C=O) groups excluding carboxylic acids is 1. The second-order valence-electron chi connectivity index (χ2n) is 6.76. The van der Waals surface area contributed by atoms with Crippen molar-refractivity contribution in [2.24, 2.45) is 0 Å². The van der Waals surface area contributed by atoms with E-state index in [2.05, 4.69) is 22.3 Å². The zero-order valence-corrected chi connectivity index (χ0v) is 16.8. The largest absolute Gasteiger partial charge is 0.351 e. The first kappa shape index (κ1) is 20.2. The molecule has 0 radical (unpaired) electrons. The molecule has 0 bridgehead atoms. The summed E-state index contributed by atoms with van der Waals surface area (Å²) in [4.78, 5) is 14.6. The van der Waals surface area contributed by atoms with Crippen LogP contribution >= 0.6 is 23.4 Å². The van der Waals surface area contributed by atoms with Gasteiger partial charge in [-0.1, -0.05) is 41.9 Å². The minimum Gasteiger partial charge on any atom is -0.351 e. The molecule has 1 amide bonds. The van der Waals surface area contributed by atoms with Gasteiger partial charge < -0.3 is 5.32 Å². The van der Waals surface area contributed by atoms with Crippen molar-refractivity contribution in [1.82, 2.24) is 10.2 Å². The number of hydrogen-bond donors (Lipinski definition) is 1. The third-order valence-corrected chi connectivity index (χ3v) is 5.91. The second kappa shape index (κ2) is 10.1. The smallest absolute Gasteiger partial charge is 0.230 e. The molecule has 1 fully saturated rings. The van der Waals surface area contributed by atoms with Gasteiger partial charge in [-0.2, -0.15) is 0 Å². The predicted molar refractivity (Wildman–Crippen MR) is 110 cm³/mol. The molecule has 2 aromatic carbocycles. The summed E-state index contributed by atoms with van der Waals surface area (Å²) in [6, 6.07) is 12.9. The second-order valence-corrected chi connectivity index (χ2v) is 8.18. The molecular weight excluding hydrogens is 383 g/mol. The Labute approximate surface area is 169 Å². The highest BCUT2D eigenvalue weighted by Gasteiger charge is 2.14. The van der Waals surface area contributed by atoms with Crippen LogP contribution < -0.4 is 5.32 Å². The van der Waals surface area contributed by atoms with Crippen LogP contribution in [0.4, 0.5) is 4.39 Å². The number of carbonyl (C=O) groups is 1. The molecule has 0 unspecified atom stereocenters. The fourth-order valence-corrected chi connectivity index (χ4v) is 4.21. The van der Waals surface area contributed by atoms with Gasteiger partial charge in [0, 0.05) is 23.9 Å². The molecule has 144 valence electrons. The standard InChI is InChI=1S/C21H24ClFN2OS/c22-19-8-7-18(20(23)11-19)14-27-15-21(26)24-12-16-5-1-2-6-17(16)13-25-9-3-4-10-25/h1-2,5-8,11H,3-4,9-10,12-15H2,(H,24,26). The quantitative estimate of drug-likeness (QED) is 0.694. The Kier molecular flexibility index (Phi) is 7.56. The van der Waals surface area contributed by atoms with E-state index < -0.39 is 0 Å². The number of nitrogens with zero attached hydrogens (tertiary/aromatic N) is 1. The number of benzene rings is 2. The maximum absolute atomic E-state index is 13.8. The van der Waals surface area contributed by atoms with Crippen LogP contribution in [0.25, 0.3) is 0 Å². The maximum Gasteiger partial charge on any atom is 0.230 e. The van der Waals surface area contributed by atoms with Crippen LogP contribution in [0.3, 0.4) is 0 Å². The van der Waals surface area contributed by atoms with Crippen LogP contribution in [0.5, 0.6) is 0 Å². The van der Waals surface area contributed by atoms with Crippen molar-refractivity contribution in [2.75, 3.05) is 18.8 Å². The first-order valence-corrected chi connectivity index (χ1v) is 10.7. The van der Waals surface area contributed by atoms with E-state index in [1.165, 1.54) is 36.2 Å². The summed E-state index contributed by atoms with van der Waals surface area (Å²) < 4.78 is 13.8. The lowest BCUT2D eigenvalue weighted by Crippen LogP contribution is -2.26. The Morgan fingerprint density at radius 1 is 1.11 bits per heavy atom. The molecule has 3 rings (SSSR count). The van der Waals surface area contributed by atoms with Crippen molar-refractivity contribution in [1.29, 1.82) is 0 Å². The fraction of sp³-hybridized carbons (Fsp3) is 0.381. The lowest BCUT2D eigenvalue weighted by Gasteiger charge is -2.17. The highest BCUT2D eigenvalue weighted by atomic mass is 35.5. The average Bonchev–Trinajstić information content (AvgIpc) is 3.16. The SMILES string of the molecule is O=C(CSCc1ccc(Cl)cc1F)NCc1ccccc1CN1CCCC1. The molecule has 1 N–H and O–H groups in total. The number of nitrogens with one attached hydrogen (secondary N) is 1. The molecule has 1 saturated heterocycles. The van der Waals surface area contributed by atoms with Gasteiger partial charge in [0.15, 0.2) is 0 Å². The van der Waals surface area contributed by atoms with Gasteiger partial charge in [0.25, 0.3) is 0 Å². The molecule has 6 heteroatoms. The Bertz CT molecular complexity index is 781. The Hall–Kier alpha value is -1.56. The average molecular weight is 407 g/mol. The van der Waals surface area contributed by atoms with E-state index in [-0.39, 0.29) is 11.7 Å². The zero-order chi connectivity index (χ0) is 19.1. The van der Waals surface area contributed by atoms with E-state index in [1.54, 1.807) is 12.1 Å². The van der Waals surface area contributed by atoms with E-state index in [4.69, 9.17) is 11.6 Å². The molecule has 3 nitrogen and oxygen atoms in total. The van der Waals surface area contributed by atoms with Crippen LogP contribution in [0.15, 0.2) is 42.5 Å². The number of thioether (sulfide) groups is 1. The summed E-state index contributed by atoms with van der Waals surface area (Å²) in [5.74, 6) is 0.384. The lowest BCUT2D eigenvalue weighted by atomic mass is 10.1. The highest BCUT2D eigenvalue weighted by molar-refractivity contribution is 7.99. The topological polar surface area (TPSA) is 32.3 Å². The summed E-state index contributed by atoms with van der Waals surface area (Å²) in [6.45, 7) is 3.77. The molecule has 0 saturated carbocycles. The lowest BCUT2D eigenvalue weighted by molar-refractivity contribution is -0.118. The molecular formula is C21H24ClFN2OS. The molecule has 0 spiro atoms. The zero-order valence-electron chi connectivity index (χ0n) is 15.2. The van der Waals surface area contributed by atoms with E-state index in [9.17, 15) is 9.18 Å². The van der Waals surface area contributed by atoms with Crippen LogP contribution in [0.1, 0.15) is 29.5 Å². The first-order chi connectivity index (χ1) is 13.1. The van der Waals surface area contributed by atoms with Gasteiger partial charge in [-0.15, -0.1) is 11.8 Å². The van der Waals surface area contributed by atoms with Gasteiger partial charge in [-0.25, -0.2) is 4.39 Å². The number of amides is 1. The molecule has 1 aliphatic heterocycles. The number of halogens is 2. The van der Waals surface area contributed by atoms with Crippen molar-refractivity contribution >= 4 is 29.3 Å². The van der Waals surface area contributed by atoms with E-state index >= 15 is 0 Å². The predicted octanol–water partition coefficient (Wildman–Crippen LogP) is 4.62. The Morgan fingerprint density at radius 3 is 2.59 bits per heavy atom. The molecule has 0 atom stereocenters. The number of rotatable bonds is 8. The Morgan fingerprint density at radius 2 is 1.85 bits per heavy atom. The Balaban J connectivity index is 1.45. The normalized spacial score (nSPS) is 14.4. The molecule has 27 heavy (non-hydrogen) atoms. The van der Waals surface area contributed by atoms with Gasteiger partial charge >= 0.3 is 0 Å². The fourth-order valence-electron chi connectivity index (χ4n) is 3.20.